The molecule has 0 atom stereocenters. The highest BCUT2D eigenvalue weighted by Gasteiger charge is 2.10. The van der Waals surface area contributed by atoms with Crippen LogP contribution in [0, 0.1) is 20.8 Å². The number of hydrogen-bond donors (Lipinski definition) is 1. The maximum absolute atomic E-state index is 9.52. The molecule has 5 nitrogen and oxygen atoms in total. The van der Waals surface area contributed by atoms with Crippen LogP contribution < -0.4 is 0 Å². The molecule has 0 aliphatic carbocycles. The molecule has 0 spiro atoms. The van der Waals surface area contributed by atoms with E-state index in [0.29, 0.717) is 5.82 Å². The minimum absolute atomic E-state index is 0.0654. The average Bonchev–Trinajstić information content (AvgIpc) is 2.58. The minimum atomic E-state index is 0.0654. The van der Waals surface area contributed by atoms with Gasteiger partial charge >= 0.3 is 0 Å². The summed E-state index contributed by atoms with van der Waals surface area (Å²) < 4.78 is 1.37. The van der Waals surface area contributed by atoms with Gasteiger partial charge in [-0.25, -0.2) is 4.98 Å². The second-order valence-electron chi connectivity index (χ2n) is 3.40. The van der Waals surface area contributed by atoms with Crippen molar-refractivity contribution in [3.63, 3.8) is 0 Å². The van der Waals surface area contributed by atoms with Crippen molar-refractivity contribution in [3.8, 4) is 11.7 Å². The van der Waals surface area contributed by atoms with Crippen molar-refractivity contribution in [2.75, 3.05) is 0 Å². The molecule has 0 aromatic carbocycles. The van der Waals surface area contributed by atoms with Gasteiger partial charge in [-0.1, -0.05) is 0 Å². The van der Waals surface area contributed by atoms with Gasteiger partial charge in [-0.15, -0.1) is 0 Å². The van der Waals surface area contributed by atoms with Crippen LogP contribution in [0.15, 0.2) is 12.3 Å². The molecular formula is C10H12N4O. The van der Waals surface area contributed by atoms with Gasteiger partial charge in [0, 0.05) is 6.07 Å². The molecule has 0 saturated heterocycles. The van der Waals surface area contributed by atoms with Gasteiger partial charge < -0.3 is 5.11 Å². The van der Waals surface area contributed by atoms with Crippen LogP contribution in [0.1, 0.15) is 17.1 Å². The van der Waals surface area contributed by atoms with Crippen molar-refractivity contribution in [1.29, 1.82) is 0 Å². The molecule has 0 saturated carbocycles. The van der Waals surface area contributed by atoms with Crippen LogP contribution in [0.5, 0.6) is 5.88 Å². The third-order valence-electron chi connectivity index (χ3n) is 2.28. The van der Waals surface area contributed by atoms with E-state index in [4.69, 9.17) is 0 Å². The van der Waals surface area contributed by atoms with Crippen LogP contribution in [0.3, 0.4) is 0 Å². The zero-order valence-electron chi connectivity index (χ0n) is 8.89. The van der Waals surface area contributed by atoms with E-state index >= 15 is 0 Å². The topological polar surface area (TPSA) is 63.8 Å². The zero-order chi connectivity index (χ0) is 11.0. The van der Waals surface area contributed by atoms with Crippen molar-refractivity contribution in [2.24, 2.45) is 0 Å². The monoisotopic (exact) mass is 204 g/mol. The highest BCUT2D eigenvalue weighted by molar-refractivity contribution is 5.33. The third-order valence-corrected chi connectivity index (χ3v) is 2.28. The fourth-order valence-corrected chi connectivity index (χ4v) is 1.36. The SMILES string of the molecule is Cc1nc(C)c(-n2nccc2O)nc1C. The van der Waals surface area contributed by atoms with E-state index in [0.717, 1.165) is 17.1 Å². The van der Waals surface area contributed by atoms with Gasteiger partial charge in [0.25, 0.3) is 0 Å². The van der Waals surface area contributed by atoms with Gasteiger partial charge in [-0.2, -0.15) is 9.78 Å². The molecule has 0 radical (unpaired) electrons. The highest BCUT2D eigenvalue weighted by Crippen LogP contribution is 2.16. The zero-order valence-corrected chi connectivity index (χ0v) is 8.89. The molecule has 2 rings (SSSR count). The van der Waals surface area contributed by atoms with Gasteiger partial charge in [0.1, 0.15) is 0 Å². The highest BCUT2D eigenvalue weighted by atomic mass is 16.3. The predicted molar refractivity (Wildman–Crippen MR) is 55.0 cm³/mol. The number of rotatable bonds is 1. The van der Waals surface area contributed by atoms with Crippen LogP contribution in [0.25, 0.3) is 5.82 Å². The number of hydrogen-bond acceptors (Lipinski definition) is 4. The fraction of sp³-hybridized carbons (Fsp3) is 0.300. The molecule has 2 aromatic rings. The summed E-state index contributed by atoms with van der Waals surface area (Å²) in [5, 5.41) is 13.5. The van der Waals surface area contributed by atoms with E-state index in [2.05, 4.69) is 15.1 Å². The Balaban J connectivity index is 2.64. The van der Waals surface area contributed by atoms with E-state index in [1.165, 1.54) is 16.9 Å². The largest absolute Gasteiger partial charge is 0.493 e. The Kier molecular flexibility index (Phi) is 2.15. The summed E-state index contributed by atoms with van der Waals surface area (Å²) in [6.45, 7) is 5.63. The maximum Gasteiger partial charge on any atom is 0.215 e. The first-order valence-corrected chi connectivity index (χ1v) is 4.65. The summed E-state index contributed by atoms with van der Waals surface area (Å²) in [7, 11) is 0. The van der Waals surface area contributed by atoms with Crippen molar-refractivity contribution in [3.05, 3.63) is 29.3 Å². The van der Waals surface area contributed by atoms with Crippen molar-refractivity contribution < 1.29 is 5.11 Å². The molecule has 2 aromatic heterocycles. The van der Waals surface area contributed by atoms with E-state index < -0.39 is 0 Å². The van der Waals surface area contributed by atoms with E-state index in [9.17, 15) is 5.11 Å². The smallest absolute Gasteiger partial charge is 0.215 e. The molecule has 15 heavy (non-hydrogen) atoms. The molecule has 0 aliphatic heterocycles. The van der Waals surface area contributed by atoms with E-state index in [1.807, 2.05) is 20.8 Å². The number of aromatic nitrogens is 4. The third kappa shape index (κ3) is 1.56. The van der Waals surface area contributed by atoms with Gasteiger partial charge in [-0.3, -0.25) is 4.98 Å². The fourth-order valence-electron chi connectivity index (χ4n) is 1.36. The average molecular weight is 204 g/mol. The molecule has 0 amide bonds. The van der Waals surface area contributed by atoms with Crippen LogP contribution >= 0.6 is 0 Å². The van der Waals surface area contributed by atoms with E-state index in [-0.39, 0.29) is 5.88 Å². The lowest BCUT2D eigenvalue weighted by Gasteiger charge is -2.08. The lowest BCUT2D eigenvalue weighted by molar-refractivity contribution is 0.431. The first-order valence-electron chi connectivity index (χ1n) is 4.65. The molecule has 5 heteroatoms. The van der Waals surface area contributed by atoms with Crippen molar-refractivity contribution >= 4 is 0 Å². The molecule has 1 N–H and O–H groups in total. The Morgan fingerprint density at radius 2 is 1.73 bits per heavy atom. The first kappa shape index (κ1) is 9.64. The van der Waals surface area contributed by atoms with Gasteiger partial charge in [0.15, 0.2) is 5.82 Å². The lowest BCUT2D eigenvalue weighted by Crippen LogP contribution is -2.06. The minimum Gasteiger partial charge on any atom is -0.493 e. The quantitative estimate of drug-likeness (QED) is 0.760. The summed E-state index contributed by atoms with van der Waals surface area (Å²) in [6, 6.07) is 1.51. The molecular weight excluding hydrogens is 192 g/mol. The normalized spacial score (nSPS) is 10.6. The van der Waals surface area contributed by atoms with Crippen molar-refractivity contribution in [2.45, 2.75) is 20.8 Å². The Morgan fingerprint density at radius 1 is 1.07 bits per heavy atom. The standard InChI is InChI=1S/C10H12N4O/c1-6-7(2)13-10(8(3)12-6)14-9(15)4-5-11-14/h4-5,15H,1-3H3. The Morgan fingerprint density at radius 3 is 2.33 bits per heavy atom. The lowest BCUT2D eigenvalue weighted by atomic mass is 10.3. The van der Waals surface area contributed by atoms with E-state index in [1.54, 1.807) is 0 Å². The molecule has 2 heterocycles. The molecule has 0 bridgehead atoms. The summed E-state index contributed by atoms with van der Waals surface area (Å²) in [4.78, 5) is 8.69. The summed E-state index contributed by atoms with van der Waals surface area (Å²) in [5.74, 6) is 0.635. The molecule has 0 aliphatic rings. The summed E-state index contributed by atoms with van der Waals surface area (Å²) in [5.41, 5.74) is 2.48. The summed E-state index contributed by atoms with van der Waals surface area (Å²) in [6.07, 6.45) is 1.52. The predicted octanol–water partition coefficient (Wildman–Crippen LogP) is 1.29. The Hall–Kier alpha value is -1.91. The number of aromatic hydroxyl groups is 1. The van der Waals surface area contributed by atoms with Crippen molar-refractivity contribution in [1.82, 2.24) is 19.7 Å². The molecule has 78 valence electrons. The Labute approximate surface area is 87.4 Å². The van der Waals surface area contributed by atoms with Crippen LogP contribution in [-0.2, 0) is 0 Å². The van der Waals surface area contributed by atoms with Gasteiger partial charge in [0.05, 0.1) is 23.3 Å². The second kappa shape index (κ2) is 3.34. The number of nitrogens with zero attached hydrogens (tertiary/aromatic N) is 4. The van der Waals surface area contributed by atoms with Gasteiger partial charge in [-0.05, 0) is 20.8 Å². The molecule has 0 fully saturated rings. The second-order valence-corrected chi connectivity index (χ2v) is 3.40. The Bertz CT molecular complexity index is 504. The van der Waals surface area contributed by atoms with Crippen LogP contribution in [-0.4, -0.2) is 24.9 Å². The molecule has 0 unspecified atom stereocenters. The van der Waals surface area contributed by atoms with Crippen LogP contribution in [0.2, 0.25) is 0 Å². The number of aryl methyl sites for hydroxylation is 3. The maximum atomic E-state index is 9.52. The summed E-state index contributed by atoms with van der Waals surface area (Å²) >= 11 is 0. The van der Waals surface area contributed by atoms with Gasteiger partial charge in [0.2, 0.25) is 5.88 Å². The van der Waals surface area contributed by atoms with Crippen LogP contribution in [0.4, 0.5) is 0 Å². The first-order chi connectivity index (χ1) is 7.09.